The number of nitrogens with one attached hydrogen (secondary N) is 2. The number of aromatic nitrogens is 2. The molecule has 0 aliphatic rings. The molecule has 0 aromatic carbocycles. The summed E-state index contributed by atoms with van der Waals surface area (Å²) in [6, 6.07) is 1.37. The van der Waals surface area contributed by atoms with Crippen molar-refractivity contribution in [2.75, 3.05) is 6.54 Å². The van der Waals surface area contributed by atoms with E-state index in [0.717, 1.165) is 0 Å². The first kappa shape index (κ1) is 11.6. The number of hydrogen-bond donors (Lipinski definition) is 3. The molecule has 0 saturated heterocycles. The van der Waals surface area contributed by atoms with Gasteiger partial charge in [-0.3, -0.25) is 0 Å². The molecule has 15 heavy (non-hydrogen) atoms. The van der Waals surface area contributed by atoms with Crippen LogP contribution in [0, 0.1) is 10.1 Å². The van der Waals surface area contributed by atoms with Crippen molar-refractivity contribution in [1.29, 1.82) is 0 Å². The van der Waals surface area contributed by atoms with Gasteiger partial charge in [-0.2, -0.15) is 0 Å². The highest BCUT2D eigenvalue weighted by atomic mass is 16.6. The van der Waals surface area contributed by atoms with E-state index in [1.54, 1.807) is 0 Å². The van der Waals surface area contributed by atoms with E-state index in [9.17, 15) is 15.2 Å². The molecule has 0 aliphatic carbocycles. The fraction of sp³-hybridized carbons (Fsp3) is 0.625. The van der Waals surface area contributed by atoms with Crippen molar-refractivity contribution in [1.82, 2.24) is 15.5 Å². The molecule has 1 aromatic rings. The number of H-pyrrole nitrogens is 1. The maximum absolute atomic E-state index is 10.3. The van der Waals surface area contributed by atoms with Crippen molar-refractivity contribution in [3.8, 4) is 0 Å². The molecule has 7 heteroatoms. The molecule has 84 valence electrons. The number of nitrogens with zero attached hydrogens (tertiary/aromatic N) is 2. The molecule has 1 rings (SSSR count). The molecule has 1 unspecified atom stereocenters. The highest BCUT2D eigenvalue weighted by molar-refractivity contribution is 5.20. The average Bonchev–Trinajstić information content (AvgIpc) is 2.66. The van der Waals surface area contributed by atoms with Gasteiger partial charge in [0.15, 0.2) is 0 Å². The second kappa shape index (κ2) is 5.42. The largest absolute Gasteiger partial charge is 0.392 e. The van der Waals surface area contributed by atoms with Crippen LogP contribution in [0.25, 0.3) is 0 Å². The molecule has 0 radical (unpaired) electrons. The second-order valence-electron chi connectivity index (χ2n) is 3.19. The van der Waals surface area contributed by atoms with E-state index < -0.39 is 4.92 Å². The van der Waals surface area contributed by atoms with Gasteiger partial charge in [-0.05, 0) is 11.3 Å². The van der Waals surface area contributed by atoms with Gasteiger partial charge in [0.1, 0.15) is 5.69 Å². The summed E-state index contributed by atoms with van der Waals surface area (Å²) in [4.78, 5) is 9.79. The van der Waals surface area contributed by atoms with Gasteiger partial charge in [-0.15, -0.1) is 5.10 Å². The first-order valence-electron chi connectivity index (χ1n) is 4.71. The van der Waals surface area contributed by atoms with E-state index in [1.165, 1.54) is 6.07 Å². The number of rotatable bonds is 6. The lowest BCUT2D eigenvalue weighted by Gasteiger charge is -2.06. The highest BCUT2D eigenvalue weighted by Crippen LogP contribution is 2.07. The van der Waals surface area contributed by atoms with Gasteiger partial charge < -0.3 is 20.5 Å². The van der Waals surface area contributed by atoms with Crippen molar-refractivity contribution in [2.24, 2.45) is 0 Å². The van der Waals surface area contributed by atoms with Crippen molar-refractivity contribution in [2.45, 2.75) is 26.0 Å². The molecule has 1 heterocycles. The van der Waals surface area contributed by atoms with Crippen molar-refractivity contribution >= 4 is 5.82 Å². The van der Waals surface area contributed by atoms with Gasteiger partial charge >= 0.3 is 5.82 Å². The Morgan fingerprint density at radius 1 is 1.80 bits per heavy atom. The van der Waals surface area contributed by atoms with Crippen LogP contribution in [0.4, 0.5) is 5.82 Å². The van der Waals surface area contributed by atoms with E-state index in [0.29, 0.717) is 25.2 Å². The Kier molecular flexibility index (Phi) is 4.19. The quantitative estimate of drug-likeness (QED) is 0.463. The summed E-state index contributed by atoms with van der Waals surface area (Å²) >= 11 is 0. The third-order valence-electron chi connectivity index (χ3n) is 1.97. The number of aliphatic hydroxyl groups is 1. The number of aliphatic hydroxyl groups excluding tert-OH is 1. The summed E-state index contributed by atoms with van der Waals surface area (Å²) in [6.45, 7) is 2.74. The number of hydrogen-bond acceptors (Lipinski definition) is 5. The highest BCUT2D eigenvalue weighted by Gasteiger charge is 2.09. The molecule has 1 aromatic heterocycles. The second-order valence-corrected chi connectivity index (χ2v) is 3.19. The van der Waals surface area contributed by atoms with Crippen LogP contribution in [0.2, 0.25) is 0 Å². The Bertz CT molecular complexity index is 325. The van der Waals surface area contributed by atoms with Gasteiger partial charge in [-0.1, -0.05) is 12.0 Å². The Hall–Kier alpha value is -1.47. The fourth-order valence-corrected chi connectivity index (χ4v) is 1.05. The summed E-state index contributed by atoms with van der Waals surface area (Å²) in [5, 5.41) is 28.6. The number of aromatic amines is 1. The minimum atomic E-state index is -0.530. The fourth-order valence-electron chi connectivity index (χ4n) is 1.05. The minimum Gasteiger partial charge on any atom is -0.392 e. The van der Waals surface area contributed by atoms with Crippen LogP contribution >= 0.6 is 0 Å². The zero-order valence-corrected chi connectivity index (χ0v) is 8.43. The first-order chi connectivity index (χ1) is 7.13. The normalized spacial score (nSPS) is 12.7. The van der Waals surface area contributed by atoms with Crippen molar-refractivity contribution < 1.29 is 10.0 Å². The van der Waals surface area contributed by atoms with Gasteiger partial charge in [0.25, 0.3) is 0 Å². The molecule has 0 fully saturated rings. The maximum Gasteiger partial charge on any atom is 0.342 e. The van der Waals surface area contributed by atoms with Crippen molar-refractivity contribution in [3.63, 3.8) is 0 Å². The molecular weight excluding hydrogens is 200 g/mol. The van der Waals surface area contributed by atoms with Crippen LogP contribution in [0.15, 0.2) is 6.07 Å². The van der Waals surface area contributed by atoms with Gasteiger partial charge in [0.2, 0.25) is 0 Å². The summed E-state index contributed by atoms with van der Waals surface area (Å²) in [6.07, 6.45) is 0.284. The molecule has 0 bridgehead atoms. The van der Waals surface area contributed by atoms with Crippen LogP contribution in [0.1, 0.15) is 19.0 Å². The average molecular weight is 214 g/mol. The summed E-state index contributed by atoms with van der Waals surface area (Å²) in [5.41, 5.74) is 0.560. The molecule has 0 amide bonds. The van der Waals surface area contributed by atoms with Gasteiger partial charge in [-0.25, -0.2) is 0 Å². The zero-order valence-electron chi connectivity index (χ0n) is 8.43. The van der Waals surface area contributed by atoms with Gasteiger partial charge in [0.05, 0.1) is 12.2 Å². The maximum atomic E-state index is 10.3. The van der Waals surface area contributed by atoms with E-state index in [2.05, 4.69) is 15.5 Å². The molecule has 3 N–H and O–H groups in total. The minimum absolute atomic E-state index is 0.122. The SMILES string of the molecule is CCC(O)CNCc1cc([N+](=O)[O-])[nH]n1. The van der Waals surface area contributed by atoms with Crippen molar-refractivity contribution in [3.05, 3.63) is 21.9 Å². The molecule has 0 saturated carbocycles. The summed E-state index contributed by atoms with van der Waals surface area (Å²) < 4.78 is 0. The molecule has 0 aliphatic heterocycles. The van der Waals surface area contributed by atoms with Crippen LogP contribution in [-0.2, 0) is 6.54 Å². The predicted octanol–water partition coefficient (Wildman–Crippen LogP) is 0.178. The van der Waals surface area contributed by atoms with E-state index in [4.69, 9.17) is 0 Å². The number of nitro groups is 1. The monoisotopic (exact) mass is 214 g/mol. The van der Waals surface area contributed by atoms with E-state index >= 15 is 0 Å². The van der Waals surface area contributed by atoms with E-state index in [1.807, 2.05) is 6.92 Å². The van der Waals surface area contributed by atoms with E-state index in [-0.39, 0.29) is 11.9 Å². The topological polar surface area (TPSA) is 104 Å². The third-order valence-corrected chi connectivity index (χ3v) is 1.97. The zero-order chi connectivity index (χ0) is 11.3. The predicted molar refractivity (Wildman–Crippen MR) is 53.2 cm³/mol. The molecule has 7 nitrogen and oxygen atoms in total. The van der Waals surface area contributed by atoms with Crippen LogP contribution in [0.3, 0.4) is 0 Å². The Morgan fingerprint density at radius 3 is 3.07 bits per heavy atom. The summed E-state index contributed by atoms with van der Waals surface area (Å²) in [7, 11) is 0. The van der Waals surface area contributed by atoms with Crippen LogP contribution in [-0.4, -0.2) is 32.9 Å². The molecular formula is C8H14N4O3. The Morgan fingerprint density at radius 2 is 2.53 bits per heavy atom. The first-order valence-corrected chi connectivity index (χ1v) is 4.71. The standard InChI is InChI=1S/C8H14N4O3/c1-2-7(13)5-9-4-6-3-8(11-10-6)12(14)15/h3,7,9,13H,2,4-5H2,1H3,(H,10,11). The summed E-state index contributed by atoms with van der Waals surface area (Å²) in [5.74, 6) is -0.122. The molecule has 0 spiro atoms. The van der Waals surface area contributed by atoms with Crippen LogP contribution in [0.5, 0.6) is 0 Å². The Labute approximate surface area is 86.7 Å². The lowest BCUT2D eigenvalue weighted by atomic mass is 10.3. The lowest BCUT2D eigenvalue weighted by molar-refractivity contribution is -0.389. The molecule has 1 atom stereocenters. The smallest absolute Gasteiger partial charge is 0.342 e. The van der Waals surface area contributed by atoms with Crippen LogP contribution < -0.4 is 5.32 Å². The third kappa shape index (κ3) is 3.64. The Balaban J connectivity index is 2.35. The lowest BCUT2D eigenvalue weighted by Crippen LogP contribution is -2.25. The van der Waals surface area contributed by atoms with Gasteiger partial charge in [0, 0.05) is 13.1 Å².